The molecule has 0 bridgehead atoms. The molecular weight excluding hydrogens is 378 g/mol. The lowest BCUT2D eigenvalue weighted by Gasteiger charge is -2.47. The number of carbonyl (C=O) groups is 1. The van der Waals surface area contributed by atoms with Crippen molar-refractivity contribution >= 4 is 6.03 Å². The normalized spacial score (nSPS) is 34.9. The predicted octanol–water partition coefficient (Wildman–Crippen LogP) is 0.856. The Morgan fingerprint density at radius 3 is 2.67 bits per heavy atom. The predicted molar refractivity (Wildman–Crippen MR) is 122 cm³/mol. The third kappa shape index (κ3) is 5.65. The van der Waals surface area contributed by atoms with Gasteiger partial charge in [0.05, 0.1) is 6.17 Å². The summed E-state index contributed by atoms with van der Waals surface area (Å²) in [7, 11) is 5.84. The van der Waals surface area contributed by atoms with E-state index in [1.807, 2.05) is 14.1 Å². The third-order valence-electron chi connectivity index (χ3n) is 7.37. The summed E-state index contributed by atoms with van der Waals surface area (Å²) in [6, 6.07) is 1.09. The molecule has 0 aromatic heterocycles. The summed E-state index contributed by atoms with van der Waals surface area (Å²) in [4.78, 5) is 16.5. The van der Waals surface area contributed by atoms with Gasteiger partial charge in [-0.25, -0.2) is 9.80 Å². The van der Waals surface area contributed by atoms with Gasteiger partial charge in [0.2, 0.25) is 0 Å². The van der Waals surface area contributed by atoms with Crippen LogP contribution in [0.4, 0.5) is 4.79 Å². The molecule has 3 rings (SSSR count). The van der Waals surface area contributed by atoms with E-state index in [-0.39, 0.29) is 18.2 Å². The molecule has 174 valence electrons. The summed E-state index contributed by atoms with van der Waals surface area (Å²) < 4.78 is 0. The fraction of sp³-hybridized carbons (Fsp3) is 0.955. The molecule has 0 aromatic carbocycles. The van der Waals surface area contributed by atoms with Crippen molar-refractivity contribution in [3.05, 3.63) is 0 Å². The number of piperidine rings is 1. The first-order valence-corrected chi connectivity index (χ1v) is 11.9. The summed E-state index contributed by atoms with van der Waals surface area (Å²) in [5.41, 5.74) is 9.33. The van der Waals surface area contributed by atoms with Crippen molar-refractivity contribution in [2.45, 2.75) is 70.2 Å². The number of fused-ring (bicyclic) bond motifs is 1. The number of nitrogens with two attached hydrogens (primary N) is 1. The van der Waals surface area contributed by atoms with E-state index < -0.39 is 0 Å². The van der Waals surface area contributed by atoms with Gasteiger partial charge in [-0.3, -0.25) is 10.7 Å². The fourth-order valence-electron chi connectivity index (χ4n) is 5.83. The average Bonchev–Trinajstić information content (AvgIpc) is 3.12. The van der Waals surface area contributed by atoms with E-state index in [0.717, 1.165) is 38.5 Å². The number of likely N-dealkylation sites (N-methyl/N-ethyl adjacent to an activating group) is 1. The van der Waals surface area contributed by atoms with E-state index in [1.54, 1.807) is 4.90 Å². The summed E-state index contributed by atoms with van der Waals surface area (Å²) in [6.07, 6.45) is 6.48. The number of hydrazine groups is 1. The quantitative estimate of drug-likeness (QED) is 0.486. The SMILES string of the molecule is CC(C)N1NCC2C(NC(=O)N(C)C)CC(C3CCCC(CN(C)CCN)C3)NC21. The van der Waals surface area contributed by atoms with Crippen LogP contribution in [0, 0.1) is 17.8 Å². The van der Waals surface area contributed by atoms with Crippen molar-refractivity contribution in [3.63, 3.8) is 0 Å². The molecule has 2 heterocycles. The van der Waals surface area contributed by atoms with Crippen molar-refractivity contribution in [1.82, 2.24) is 30.9 Å². The number of carbonyl (C=O) groups excluding carboxylic acids is 1. The summed E-state index contributed by atoms with van der Waals surface area (Å²) in [6.45, 7) is 8.23. The fourth-order valence-corrected chi connectivity index (χ4v) is 5.83. The van der Waals surface area contributed by atoms with Crippen LogP contribution in [0.2, 0.25) is 0 Å². The van der Waals surface area contributed by atoms with Gasteiger partial charge in [0.25, 0.3) is 0 Å². The molecule has 5 N–H and O–H groups in total. The highest BCUT2D eigenvalue weighted by atomic mass is 16.2. The lowest BCUT2D eigenvalue weighted by Crippen LogP contribution is -2.64. The Bertz CT molecular complexity index is 558. The Morgan fingerprint density at radius 2 is 2.00 bits per heavy atom. The molecule has 8 heteroatoms. The number of nitrogens with zero attached hydrogens (tertiary/aromatic N) is 3. The molecule has 0 aromatic rings. The average molecular weight is 424 g/mol. The first-order chi connectivity index (χ1) is 14.3. The molecule has 1 saturated carbocycles. The van der Waals surface area contributed by atoms with Gasteiger partial charge in [-0.15, -0.1) is 0 Å². The van der Waals surface area contributed by atoms with Crippen LogP contribution in [0.1, 0.15) is 46.0 Å². The van der Waals surface area contributed by atoms with Gasteiger partial charge in [0.15, 0.2) is 0 Å². The molecule has 1 aliphatic carbocycles. The van der Waals surface area contributed by atoms with Crippen molar-refractivity contribution in [1.29, 1.82) is 0 Å². The minimum absolute atomic E-state index is 0.0207. The minimum Gasteiger partial charge on any atom is -0.335 e. The lowest BCUT2D eigenvalue weighted by molar-refractivity contribution is 0.0401. The van der Waals surface area contributed by atoms with E-state index in [2.05, 4.69) is 46.9 Å². The van der Waals surface area contributed by atoms with Gasteiger partial charge in [-0.2, -0.15) is 0 Å². The summed E-state index contributed by atoms with van der Waals surface area (Å²) in [5.74, 6) is 1.81. The Balaban J connectivity index is 1.69. The second-order valence-corrected chi connectivity index (χ2v) is 10.3. The molecule has 6 atom stereocenters. The zero-order valence-corrected chi connectivity index (χ0v) is 19.7. The van der Waals surface area contributed by atoms with Gasteiger partial charge in [0, 0.05) is 64.3 Å². The van der Waals surface area contributed by atoms with Crippen LogP contribution in [0.25, 0.3) is 0 Å². The van der Waals surface area contributed by atoms with Crippen LogP contribution in [0.15, 0.2) is 0 Å². The zero-order chi connectivity index (χ0) is 21.8. The van der Waals surface area contributed by atoms with Crippen LogP contribution >= 0.6 is 0 Å². The number of rotatable bonds is 7. The highest BCUT2D eigenvalue weighted by Gasteiger charge is 2.47. The minimum atomic E-state index is 0.0207. The van der Waals surface area contributed by atoms with E-state index >= 15 is 0 Å². The highest BCUT2D eigenvalue weighted by Crippen LogP contribution is 2.37. The number of hydrogen-bond donors (Lipinski definition) is 4. The van der Waals surface area contributed by atoms with Crippen LogP contribution in [0.5, 0.6) is 0 Å². The lowest BCUT2D eigenvalue weighted by atomic mass is 9.73. The van der Waals surface area contributed by atoms with E-state index in [4.69, 9.17) is 5.73 Å². The Labute approximate surface area is 183 Å². The summed E-state index contributed by atoms with van der Waals surface area (Å²) in [5, 5.41) is 9.71. The maximum atomic E-state index is 12.5. The molecule has 2 aliphatic heterocycles. The number of amides is 2. The van der Waals surface area contributed by atoms with E-state index in [1.165, 1.54) is 25.7 Å². The van der Waals surface area contributed by atoms with Gasteiger partial charge in [-0.05, 0) is 58.4 Å². The van der Waals surface area contributed by atoms with Crippen LogP contribution < -0.4 is 21.8 Å². The Kier molecular flexibility index (Phi) is 8.38. The van der Waals surface area contributed by atoms with Crippen molar-refractivity contribution in [2.75, 3.05) is 47.3 Å². The second-order valence-electron chi connectivity index (χ2n) is 10.3. The van der Waals surface area contributed by atoms with Gasteiger partial charge >= 0.3 is 6.03 Å². The molecular formula is C22H45N7O. The monoisotopic (exact) mass is 423 g/mol. The largest absolute Gasteiger partial charge is 0.335 e. The zero-order valence-electron chi connectivity index (χ0n) is 19.7. The number of nitrogens with one attached hydrogen (secondary N) is 3. The molecule has 0 radical (unpaired) electrons. The first-order valence-electron chi connectivity index (χ1n) is 11.9. The van der Waals surface area contributed by atoms with Crippen molar-refractivity contribution < 1.29 is 4.79 Å². The van der Waals surface area contributed by atoms with Crippen molar-refractivity contribution in [2.24, 2.45) is 23.5 Å². The first kappa shape index (κ1) is 23.7. The summed E-state index contributed by atoms with van der Waals surface area (Å²) >= 11 is 0. The number of urea groups is 1. The highest BCUT2D eigenvalue weighted by molar-refractivity contribution is 5.73. The molecule has 3 fully saturated rings. The molecule has 2 saturated heterocycles. The second kappa shape index (κ2) is 10.6. The molecule has 0 spiro atoms. The van der Waals surface area contributed by atoms with E-state index in [0.29, 0.717) is 23.9 Å². The third-order valence-corrected chi connectivity index (χ3v) is 7.37. The maximum absolute atomic E-state index is 12.5. The standard InChI is InChI=1S/C22H45N7O/c1-15(2)29-21-18(13-24-29)20(26-22(30)27(3)4)12-19(25-21)17-8-6-7-16(11-17)14-28(5)10-9-23/h15-21,24-25H,6-14,23H2,1-5H3,(H,26,30). The van der Waals surface area contributed by atoms with Gasteiger partial charge in [0.1, 0.15) is 0 Å². The van der Waals surface area contributed by atoms with Crippen LogP contribution in [-0.2, 0) is 0 Å². The number of hydrogen-bond acceptors (Lipinski definition) is 6. The molecule has 30 heavy (non-hydrogen) atoms. The van der Waals surface area contributed by atoms with Gasteiger partial charge in [-0.1, -0.05) is 6.42 Å². The van der Waals surface area contributed by atoms with Crippen LogP contribution in [0.3, 0.4) is 0 Å². The van der Waals surface area contributed by atoms with E-state index in [9.17, 15) is 4.79 Å². The Hall–Kier alpha value is -0.930. The molecule has 3 aliphatic rings. The molecule has 6 unspecified atom stereocenters. The maximum Gasteiger partial charge on any atom is 0.317 e. The van der Waals surface area contributed by atoms with Crippen LogP contribution in [-0.4, -0.2) is 92.5 Å². The smallest absolute Gasteiger partial charge is 0.317 e. The Morgan fingerprint density at radius 1 is 1.23 bits per heavy atom. The molecule has 8 nitrogen and oxygen atoms in total. The van der Waals surface area contributed by atoms with Crippen molar-refractivity contribution in [3.8, 4) is 0 Å². The topological polar surface area (TPSA) is 88.9 Å². The van der Waals surface area contributed by atoms with Gasteiger partial charge < -0.3 is 20.9 Å². The molecule has 2 amide bonds.